The van der Waals surface area contributed by atoms with Crippen molar-refractivity contribution in [2.24, 2.45) is 11.8 Å². The van der Waals surface area contributed by atoms with Gasteiger partial charge in [-0.1, -0.05) is 68.4 Å². The number of ether oxygens (including phenoxy) is 3. The molecule has 4 aromatic carbocycles. The van der Waals surface area contributed by atoms with Crippen LogP contribution in [0.4, 0.5) is 11.4 Å². The van der Waals surface area contributed by atoms with Crippen molar-refractivity contribution in [1.82, 2.24) is 15.0 Å². The third-order valence-corrected chi connectivity index (χ3v) is 11.2. The number of carbonyl (C=O) groups is 2. The maximum Gasteiger partial charge on any atom is 0.264 e. The third-order valence-electron chi connectivity index (χ3n) is 11.2. The van der Waals surface area contributed by atoms with Crippen LogP contribution in [0.1, 0.15) is 59.9 Å². The minimum Gasteiger partial charge on any atom is -0.497 e. The molecule has 11 heteroatoms. The molecule has 2 aliphatic heterocycles. The molecular weight excluding hydrogens is 683 g/mol. The van der Waals surface area contributed by atoms with E-state index in [1.165, 1.54) is 0 Å². The van der Waals surface area contributed by atoms with Crippen LogP contribution in [0.3, 0.4) is 0 Å². The van der Waals surface area contributed by atoms with E-state index >= 15 is 4.79 Å². The molecule has 2 amide bonds. The van der Waals surface area contributed by atoms with Gasteiger partial charge >= 0.3 is 0 Å². The Morgan fingerprint density at radius 3 is 2.37 bits per heavy atom. The summed E-state index contributed by atoms with van der Waals surface area (Å²) in [5.41, 5.74) is 3.91. The summed E-state index contributed by atoms with van der Waals surface area (Å²) in [6.07, 6.45) is 2.59. The molecule has 3 heterocycles. The van der Waals surface area contributed by atoms with E-state index in [4.69, 9.17) is 14.2 Å². The lowest BCUT2D eigenvalue weighted by molar-refractivity contribution is -0.146. The fraction of sp³-hybridized carbons (Fsp3) is 0.349. The molecule has 0 bridgehead atoms. The van der Waals surface area contributed by atoms with E-state index < -0.39 is 11.0 Å². The van der Waals surface area contributed by atoms with E-state index in [1.54, 1.807) is 43.2 Å². The van der Waals surface area contributed by atoms with E-state index in [1.807, 2.05) is 71.8 Å². The zero-order chi connectivity index (χ0) is 38.0. The molecule has 1 spiro atoms. The number of aliphatic hydroxyl groups excluding tert-OH is 1. The summed E-state index contributed by atoms with van der Waals surface area (Å²) in [5.74, 6) is 0.828. The maximum atomic E-state index is 15.1. The van der Waals surface area contributed by atoms with Crippen LogP contribution in [-0.4, -0.2) is 58.8 Å². The first kappa shape index (κ1) is 36.8. The second-order valence-electron chi connectivity index (χ2n) is 14.7. The molecule has 11 nitrogen and oxygen atoms in total. The van der Waals surface area contributed by atoms with Gasteiger partial charge in [0, 0.05) is 54.4 Å². The molecular formula is C43H47N5O6. The minimum absolute atomic E-state index is 0.00321. The number of rotatable bonds is 13. The number of methoxy groups -OCH3 is 2. The van der Waals surface area contributed by atoms with E-state index in [2.05, 4.69) is 48.5 Å². The standard InChI is InChI=1S/C43H47N5O6/c1-28-39(42(2,3)31-15-19-35(53-5)20-16-31)38(21-23-47-27-33(22-24-49)45-46-47)54-43(28)36-11-6-7-12-37(36)48(41(43)51)26-29-9-8-10-32(25-29)44-40(50)30-13-17-34(52-4)18-14-30/h6-20,25,27-28,38-39,49H,21-24,26H2,1-5H3,(H,44,50)/t28-,38+,39-,43+/m0/s1. The van der Waals surface area contributed by atoms with Crippen LogP contribution < -0.4 is 19.7 Å². The zero-order valence-corrected chi connectivity index (χ0v) is 31.4. The fourth-order valence-corrected chi connectivity index (χ4v) is 8.51. The number of aromatic nitrogens is 3. The number of amides is 2. The van der Waals surface area contributed by atoms with Gasteiger partial charge < -0.3 is 29.5 Å². The summed E-state index contributed by atoms with van der Waals surface area (Å²) in [5, 5.41) is 20.9. The Bertz CT molecular complexity index is 2110. The van der Waals surface area contributed by atoms with Crippen molar-refractivity contribution in [3.63, 3.8) is 0 Å². The number of para-hydroxylation sites is 1. The molecule has 1 fully saturated rings. The Morgan fingerprint density at radius 2 is 1.67 bits per heavy atom. The van der Waals surface area contributed by atoms with Gasteiger partial charge in [0.2, 0.25) is 0 Å². The van der Waals surface area contributed by atoms with Gasteiger partial charge in [-0.2, -0.15) is 0 Å². The van der Waals surface area contributed by atoms with Crippen molar-refractivity contribution in [3.05, 3.63) is 131 Å². The first-order valence-corrected chi connectivity index (χ1v) is 18.4. The highest BCUT2D eigenvalue weighted by Crippen LogP contribution is 2.60. The highest BCUT2D eigenvalue weighted by Gasteiger charge is 2.65. The summed E-state index contributed by atoms with van der Waals surface area (Å²) >= 11 is 0. The smallest absolute Gasteiger partial charge is 0.264 e. The van der Waals surface area contributed by atoms with E-state index in [0.29, 0.717) is 42.9 Å². The van der Waals surface area contributed by atoms with Gasteiger partial charge in [-0.3, -0.25) is 14.3 Å². The summed E-state index contributed by atoms with van der Waals surface area (Å²) in [6.45, 7) is 7.45. The van der Waals surface area contributed by atoms with Crippen LogP contribution in [0.15, 0.2) is 103 Å². The second kappa shape index (κ2) is 15.1. The molecule has 2 aliphatic rings. The van der Waals surface area contributed by atoms with Crippen molar-refractivity contribution < 1.29 is 28.9 Å². The highest BCUT2D eigenvalue weighted by molar-refractivity contribution is 6.07. The number of nitrogens with one attached hydrogen (secondary N) is 1. The van der Waals surface area contributed by atoms with Gasteiger partial charge in [0.25, 0.3) is 11.8 Å². The van der Waals surface area contributed by atoms with Gasteiger partial charge in [-0.05, 0) is 77.6 Å². The molecule has 0 saturated carbocycles. The summed E-state index contributed by atoms with van der Waals surface area (Å²) in [7, 11) is 3.25. The minimum atomic E-state index is -1.22. The number of anilines is 2. The van der Waals surface area contributed by atoms with Gasteiger partial charge in [0.15, 0.2) is 5.60 Å². The number of nitrogens with zero attached hydrogens (tertiary/aromatic N) is 4. The predicted octanol–water partition coefficient (Wildman–Crippen LogP) is 6.54. The zero-order valence-electron chi connectivity index (χ0n) is 31.4. The lowest BCUT2D eigenvalue weighted by atomic mass is 9.63. The molecule has 280 valence electrons. The SMILES string of the molecule is COc1ccc(C(=O)Nc2cccc(CN3C(=O)[C@]4(O[C@H](CCn5cc(CCO)nn5)[C@@H](C(C)(C)c5ccc(OC)cc5)[C@@H]4C)c4ccccc43)c2)cc1. The van der Waals surface area contributed by atoms with Gasteiger partial charge in [0.1, 0.15) is 11.5 Å². The van der Waals surface area contributed by atoms with Crippen molar-refractivity contribution in [2.45, 2.75) is 63.8 Å². The molecule has 4 atom stereocenters. The summed E-state index contributed by atoms with van der Waals surface area (Å²) in [6, 6.07) is 30.6. The van der Waals surface area contributed by atoms with E-state index in [-0.39, 0.29) is 36.4 Å². The van der Waals surface area contributed by atoms with Crippen LogP contribution in [0.5, 0.6) is 11.5 Å². The quantitative estimate of drug-likeness (QED) is 0.140. The van der Waals surface area contributed by atoms with Gasteiger partial charge in [0.05, 0.1) is 38.2 Å². The number of fused-ring (bicyclic) bond motifs is 2. The van der Waals surface area contributed by atoms with Crippen LogP contribution >= 0.6 is 0 Å². The first-order valence-electron chi connectivity index (χ1n) is 18.4. The van der Waals surface area contributed by atoms with Crippen LogP contribution in [0.2, 0.25) is 0 Å². The first-order chi connectivity index (χ1) is 26.1. The van der Waals surface area contributed by atoms with E-state index in [9.17, 15) is 9.90 Å². The number of hydrogen-bond acceptors (Lipinski definition) is 8. The monoisotopic (exact) mass is 729 g/mol. The Labute approximate surface area is 315 Å². The van der Waals surface area contributed by atoms with Crippen molar-refractivity contribution in [3.8, 4) is 11.5 Å². The molecule has 54 heavy (non-hydrogen) atoms. The second-order valence-corrected chi connectivity index (χ2v) is 14.7. The third kappa shape index (κ3) is 6.73. The Morgan fingerprint density at radius 1 is 0.963 bits per heavy atom. The Kier molecular flexibility index (Phi) is 10.3. The number of hydrogen-bond donors (Lipinski definition) is 2. The summed E-state index contributed by atoms with van der Waals surface area (Å²) < 4.78 is 19.7. The molecule has 0 unspecified atom stereocenters. The molecule has 1 aromatic heterocycles. The Balaban J connectivity index is 1.20. The molecule has 0 radical (unpaired) electrons. The fourth-order valence-electron chi connectivity index (χ4n) is 8.51. The van der Waals surface area contributed by atoms with Crippen LogP contribution in [0, 0.1) is 11.8 Å². The number of benzene rings is 4. The number of aryl methyl sites for hydroxylation is 1. The van der Waals surface area contributed by atoms with Crippen LogP contribution in [-0.2, 0) is 40.1 Å². The largest absolute Gasteiger partial charge is 0.497 e. The van der Waals surface area contributed by atoms with Crippen molar-refractivity contribution in [2.75, 3.05) is 31.0 Å². The van der Waals surface area contributed by atoms with Crippen molar-refractivity contribution in [1.29, 1.82) is 0 Å². The average Bonchev–Trinajstić information content (AvgIpc) is 3.84. The van der Waals surface area contributed by atoms with Gasteiger partial charge in [-0.15, -0.1) is 5.10 Å². The molecule has 0 aliphatic carbocycles. The summed E-state index contributed by atoms with van der Waals surface area (Å²) in [4.78, 5) is 30.1. The molecule has 1 saturated heterocycles. The van der Waals surface area contributed by atoms with Gasteiger partial charge in [-0.25, -0.2) is 0 Å². The van der Waals surface area contributed by atoms with Crippen molar-refractivity contribution >= 4 is 23.2 Å². The van der Waals surface area contributed by atoms with Crippen LogP contribution in [0.25, 0.3) is 0 Å². The lowest BCUT2D eigenvalue weighted by Gasteiger charge is -2.38. The Hall–Kier alpha value is -5.52. The average molecular weight is 730 g/mol. The molecule has 5 aromatic rings. The molecule has 2 N–H and O–H groups in total. The predicted molar refractivity (Wildman–Crippen MR) is 206 cm³/mol. The highest BCUT2D eigenvalue weighted by atomic mass is 16.5. The number of aliphatic hydroxyl groups is 1. The normalized spacial score (nSPS) is 20.7. The lowest BCUT2D eigenvalue weighted by Crippen LogP contribution is -2.45. The number of carbonyl (C=O) groups excluding carboxylic acids is 2. The maximum absolute atomic E-state index is 15.1. The van der Waals surface area contributed by atoms with E-state index in [0.717, 1.165) is 33.8 Å². The molecule has 7 rings (SSSR count). The topological polar surface area (TPSA) is 128 Å².